The zero-order valence-corrected chi connectivity index (χ0v) is 13.4. The third-order valence-corrected chi connectivity index (χ3v) is 3.33. The van der Waals surface area contributed by atoms with Crippen molar-refractivity contribution in [3.8, 4) is 0 Å². The third kappa shape index (κ3) is 4.90. The highest BCUT2D eigenvalue weighted by atomic mass is 14.9. The number of hydrogen-bond donors (Lipinski definition) is 1. The summed E-state index contributed by atoms with van der Waals surface area (Å²) in [6.45, 7) is 15.2. The van der Waals surface area contributed by atoms with Gasteiger partial charge in [0.15, 0.2) is 0 Å². The lowest BCUT2D eigenvalue weighted by atomic mass is 9.97. The van der Waals surface area contributed by atoms with Crippen LogP contribution in [0, 0.1) is 19.8 Å². The van der Waals surface area contributed by atoms with Gasteiger partial charge in [-0.1, -0.05) is 27.7 Å². The van der Waals surface area contributed by atoms with Gasteiger partial charge in [-0.2, -0.15) is 0 Å². The molecule has 1 aromatic heterocycles. The topological polar surface area (TPSA) is 37.8 Å². The molecule has 1 heterocycles. The standard InChI is InChI=1S/C16H29N3/c1-7-8-17-10-12(4)16-13(5)18-15(9-11(2)3)19-14(16)6/h11-12,17H,7-10H2,1-6H3. The Kier molecular flexibility index (Phi) is 6.43. The van der Waals surface area contributed by atoms with Gasteiger partial charge in [-0.15, -0.1) is 0 Å². The van der Waals surface area contributed by atoms with E-state index < -0.39 is 0 Å². The fourth-order valence-electron chi connectivity index (χ4n) is 2.56. The molecule has 0 aliphatic heterocycles. The molecule has 0 aliphatic rings. The van der Waals surface area contributed by atoms with Crippen molar-refractivity contribution in [2.24, 2.45) is 5.92 Å². The van der Waals surface area contributed by atoms with Crippen molar-refractivity contribution >= 4 is 0 Å². The second-order valence-corrected chi connectivity index (χ2v) is 5.93. The zero-order valence-electron chi connectivity index (χ0n) is 13.4. The van der Waals surface area contributed by atoms with Gasteiger partial charge in [0.05, 0.1) is 0 Å². The lowest BCUT2D eigenvalue weighted by molar-refractivity contribution is 0.589. The van der Waals surface area contributed by atoms with E-state index in [2.05, 4.69) is 56.8 Å². The molecule has 0 aliphatic carbocycles. The van der Waals surface area contributed by atoms with E-state index in [0.717, 1.165) is 36.7 Å². The van der Waals surface area contributed by atoms with Crippen LogP contribution in [0.3, 0.4) is 0 Å². The van der Waals surface area contributed by atoms with E-state index in [9.17, 15) is 0 Å². The molecule has 19 heavy (non-hydrogen) atoms. The highest BCUT2D eigenvalue weighted by molar-refractivity contribution is 5.28. The SMILES string of the molecule is CCCNCC(C)c1c(C)nc(CC(C)C)nc1C. The molecule has 0 spiro atoms. The predicted octanol–water partition coefficient (Wildman–Crippen LogP) is 3.40. The first-order chi connectivity index (χ1) is 8.95. The second kappa shape index (κ2) is 7.59. The zero-order chi connectivity index (χ0) is 14.4. The lowest BCUT2D eigenvalue weighted by Gasteiger charge is -2.18. The number of nitrogens with zero attached hydrogens (tertiary/aromatic N) is 2. The van der Waals surface area contributed by atoms with Crippen molar-refractivity contribution < 1.29 is 0 Å². The van der Waals surface area contributed by atoms with Crippen molar-refractivity contribution in [1.29, 1.82) is 0 Å². The van der Waals surface area contributed by atoms with Crippen LogP contribution in [-0.4, -0.2) is 23.1 Å². The van der Waals surface area contributed by atoms with Crippen LogP contribution < -0.4 is 5.32 Å². The normalized spacial score (nSPS) is 13.0. The average molecular weight is 263 g/mol. The molecule has 0 aromatic carbocycles. The van der Waals surface area contributed by atoms with E-state index in [1.54, 1.807) is 0 Å². The van der Waals surface area contributed by atoms with Crippen LogP contribution >= 0.6 is 0 Å². The van der Waals surface area contributed by atoms with Crippen molar-refractivity contribution in [2.75, 3.05) is 13.1 Å². The first-order valence-electron chi connectivity index (χ1n) is 7.50. The molecule has 0 bridgehead atoms. The molecule has 3 heteroatoms. The van der Waals surface area contributed by atoms with E-state index in [1.165, 1.54) is 12.0 Å². The minimum atomic E-state index is 0.472. The Hall–Kier alpha value is -0.960. The van der Waals surface area contributed by atoms with E-state index in [-0.39, 0.29) is 0 Å². The summed E-state index contributed by atoms with van der Waals surface area (Å²) in [6.07, 6.45) is 2.14. The maximum absolute atomic E-state index is 4.68. The van der Waals surface area contributed by atoms with Crippen molar-refractivity contribution in [3.63, 3.8) is 0 Å². The van der Waals surface area contributed by atoms with Gasteiger partial charge in [0.25, 0.3) is 0 Å². The molecular formula is C16H29N3. The Morgan fingerprint density at radius 3 is 2.11 bits per heavy atom. The Morgan fingerprint density at radius 1 is 1.05 bits per heavy atom. The number of aryl methyl sites for hydroxylation is 2. The fourth-order valence-corrected chi connectivity index (χ4v) is 2.56. The smallest absolute Gasteiger partial charge is 0.129 e. The second-order valence-electron chi connectivity index (χ2n) is 5.93. The summed E-state index contributed by atoms with van der Waals surface area (Å²) >= 11 is 0. The van der Waals surface area contributed by atoms with Gasteiger partial charge in [-0.25, -0.2) is 9.97 Å². The average Bonchev–Trinajstić information content (AvgIpc) is 2.27. The summed E-state index contributed by atoms with van der Waals surface area (Å²) in [6, 6.07) is 0. The van der Waals surface area contributed by atoms with Crippen LogP contribution in [0.5, 0.6) is 0 Å². The van der Waals surface area contributed by atoms with Crippen LogP contribution in [0.4, 0.5) is 0 Å². The van der Waals surface area contributed by atoms with Gasteiger partial charge in [0.1, 0.15) is 5.82 Å². The number of rotatable bonds is 7. The van der Waals surface area contributed by atoms with Crippen LogP contribution in [-0.2, 0) is 6.42 Å². The molecular weight excluding hydrogens is 234 g/mol. The number of hydrogen-bond acceptors (Lipinski definition) is 3. The van der Waals surface area contributed by atoms with Gasteiger partial charge in [-0.05, 0) is 44.2 Å². The quantitative estimate of drug-likeness (QED) is 0.766. The van der Waals surface area contributed by atoms with E-state index >= 15 is 0 Å². The monoisotopic (exact) mass is 263 g/mol. The number of aromatic nitrogens is 2. The Morgan fingerprint density at radius 2 is 1.63 bits per heavy atom. The van der Waals surface area contributed by atoms with Crippen LogP contribution in [0.15, 0.2) is 0 Å². The van der Waals surface area contributed by atoms with E-state index in [4.69, 9.17) is 0 Å². The molecule has 1 atom stereocenters. The summed E-state index contributed by atoms with van der Waals surface area (Å²) < 4.78 is 0. The minimum absolute atomic E-state index is 0.472. The third-order valence-electron chi connectivity index (χ3n) is 3.33. The van der Waals surface area contributed by atoms with E-state index in [0.29, 0.717) is 11.8 Å². The highest BCUT2D eigenvalue weighted by Crippen LogP contribution is 2.21. The summed E-state index contributed by atoms with van der Waals surface area (Å²) in [5.74, 6) is 2.07. The summed E-state index contributed by atoms with van der Waals surface area (Å²) in [5.41, 5.74) is 3.61. The summed E-state index contributed by atoms with van der Waals surface area (Å²) in [4.78, 5) is 9.37. The molecule has 108 valence electrons. The summed E-state index contributed by atoms with van der Waals surface area (Å²) in [5, 5.41) is 3.48. The molecule has 0 radical (unpaired) electrons. The van der Waals surface area contributed by atoms with Gasteiger partial charge in [0.2, 0.25) is 0 Å². The van der Waals surface area contributed by atoms with Crippen LogP contribution in [0.1, 0.15) is 62.8 Å². The molecule has 1 aromatic rings. The molecule has 0 saturated carbocycles. The Bertz CT molecular complexity index is 376. The maximum Gasteiger partial charge on any atom is 0.129 e. The molecule has 1 rings (SSSR count). The number of nitrogens with one attached hydrogen (secondary N) is 1. The lowest BCUT2D eigenvalue weighted by Crippen LogP contribution is -2.22. The maximum atomic E-state index is 4.68. The van der Waals surface area contributed by atoms with Gasteiger partial charge in [-0.3, -0.25) is 0 Å². The minimum Gasteiger partial charge on any atom is -0.316 e. The van der Waals surface area contributed by atoms with E-state index in [1.807, 2.05) is 0 Å². The Labute approximate surface area is 118 Å². The van der Waals surface area contributed by atoms with Gasteiger partial charge < -0.3 is 5.32 Å². The predicted molar refractivity (Wildman–Crippen MR) is 81.6 cm³/mol. The largest absolute Gasteiger partial charge is 0.316 e. The van der Waals surface area contributed by atoms with Crippen molar-refractivity contribution in [2.45, 2.75) is 60.3 Å². The Balaban J connectivity index is 2.84. The van der Waals surface area contributed by atoms with Gasteiger partial charge in [0, 0.05) is 24.4 Å². The molecule has 0 fully saturated rings. The molecule has 3 nitrogen and oxygen atoms in total. The van der Waals surface area contributed by atoms with Crippen LogP contribution in [0.2, 0.25) is 0 Å². The fraction of sp³-hybridized carbons (Fsp3) is 0.750. The van der Waals surface area contributed by atoms with Gasteiger partial charge >= 0.3 is 0 Å². The molecule has 1 N–H and O–H groups in total. The summed E-state index contributed by atoms with van der Waals surface area (Å²) in [7, 11) is 0. The van der Waals surface area contributed by atoms with Crippen molar-refractivity contribution in [3.05, 3.63) is 22.8 Å². The molecule has 0 amide bonds. The van der Waals surface area contributed by atoms with Crippen molar-refractivity contribution in [1.82, 2.24) is 15.3 Å². The van der Waals surface area contributed by atoms with Crippen LogP contribution in [0.25, 0.3) is 0 Å². The molecule has 0 saturated heterocycles. The highest BCUT2D eigenvalue weighted by Gasteiger charge is 2.15. The first-order valence-corrected chi connectivity index (χ1v) is 7.50. The first kappa shape index (κ1) is 16.1. The molecule has 1 unspecified atom stereocenters.